The summed E-state index contributed by atoms with van der Waals surface area (Å²) in [6.07, 6.45) is 5.68. The van der Waals surface area contributed by atoms with E-state index in [9.17, 15) is 4.79 Å². The fourth-order valence-corrected chi connectivity index (χ4v) is 2.20. The number of aliphatic imine (C=N–C) groups is 1. The van der Waals surface area contributed by atoms with Gasteiger partial charge in [-0.1, -0.05) is 0 Å². The lowest BCUT2D eigenvalue weighted by atomic mass is 10.0. The highest BCUT2D eigenvalue weighted by atomic mass is 16.1. The normalized spacial score (nSPS) is 42.2. The van der Waals surface area contributed by atoms with E-state index in [0.717, 1.165) is 24.3 Å². The number of rotatable bonds is 2. The minimum absolute atomic E-state index is 0.728. The molecular formula is C8H11NO. The number of hydrogen-bond acceptors (Lipinski definition) is 2. The van der Waals surface area contributed by atoms with E-state index in [0.29, 0.717) is 0 Å². The van der Waals surface area contributed by atoms with Crippen LogP contribution in [0.15, 0.2) is 4.99 Å². The summed E-state index contributed by atoms with van der Waals surface area (Å²) in [5, 5.41) is 0. The van der Waals surface area contributed by atoms with Gasteiger partial charge in [0.25, 0.3) is 0 Å². The minimum atomic E-state index is 0.728. The quantitative estimate of drug-likeness (QED) is 0.417. The molecule has 0 N–H and O–H groups in total. The first-order chi connectivity index (χ1) is 4.92. The van der Waals surface area contributed by atoms with Crippen LogP contribution in [0.25, 0.3) is 0 Å². The Morgan fingerprint density at radius 1 is 1.50 bits per heavy atom. The third-order valence-electron chi connectivity index (χ3n) is 2.88. The molecule has 0 aromatic heterocycles. The zero-order valence-corrected chi connectivity index (χ0v) is 5.92. The van der Waals surface area contributed by atoms with Gasteiger partial charge in [0.2, 0.25) is 6.08 Å². The monoisotopic (exact) mass is 137 g/mol. The Morgan fingerprint density at radius 3 is 2.90 bits per heavy atom. The first-order valence-electron chi connectivity index (χ1n) is 3.95. The van der Waals surface area contributed by atoms with Gasteiger partial charge < -0.3 is 0 Å². The van der Waals surface area contributed by atoms with E-state index in [1.807, 2.05) is 0 Å². The van der Waals surface area contributed by atoms with Crippen LogP contribution >= 0.6 is 0 Å². The second-order valence-corrected chi connectivity index (χ2v) is 3.43. The van der Waals surface area contributed by atoms with Crippen molar-refractivity contribution in [2.45, 2.75) is 19.3 Å². The van der Waals surface area contributed by atoms with E-state index in [1.54, 1.807) is 6.08 Å². The van der Waals surface area contributed by atoms with Crippen molar-refractivity contribution in [2.24, 2.45) is 22.7 Å². The highest BCUT2D eigenvalue weighted by molar-refractivity contribution is 5.32. The maximum Gasteiger partial charge on any atom is 0.234 e. The molecule has 0 aromatic carbocycles. The Bertz CT molecular complexity index is 184. The minimum Gasteiger partial charge on any atom is -0.211 e. The Labute approximate surface area is 60.3 Å². The predicted molar refractivity (Wildman–Crippen MR) is 37.3 cm³/mol. The first kappa shape index (κ1) is 6.11. The lowest BCUT2D eigenvalue weighted by Crippen LogP contribution is -2.02. The van der Waals surface area contributed by atoms with Gasteiger partial charge in [-0.05, 0) is 37.0 Å². The number of isocyanates is 1. The van der Waals surface area contributed by atoms with Crippen molar-refractivity contribution in [3.8, 4) is 0 Å². The van der Waals surface area contributed by atoms with Crippen LogP contribution in [-0.2, 0) is 4.79 Å². The molecule has 10 heavy (non-hydrogen) atoms. The van der Waals surface area contributed by atoms with Gasteiger partial charge in [0.05, 0.1) is 6.54 Å². The van der Waals surface area contributed by atoms with Crippen LogP contribution in [-0.4, -0.2) is 12.6 Å². The van der Waals surface area contributed by atoms with Crippen molar-refractivity contribution >= 4 is 6.08 Å². The van der Waals surface area contributed by atoms with E-state index in [-0.39, 0.29) is 0 Å². The van der Waals surface area contributed by atoms with Gasteiger partial charge in [-0.3, -0.25) is 0 Å². The van der Waals surface area contributed by atoms with Gasteiger partial charge in [-0.15, -0.1) is 0 Å². The van der Waals surface area contributed by atoms with E-state index in [2.05, 4.69) is 4.99 Å². The largest absolute Gasteiger partial charge is 0.234 e. The molecule has 2 rings (SSSR count). The Morgan fingerprint density at radius 2 is 2.40 bits per heavy atom. The van der Waals surface area contributed by atoms with Crippen molar-refractivity contribution in [1.29, 1.82) is 0 Å². The van der Waals surface area contributed by atoms with Crippen LogP contribution in [0.5, 0.6) is 0 Å². The van der Waals surface area contributed by atoms with Gasteiger partial charge in [-0.2, -0.15) is 0 Å². The van der Waals surface area contributed by atoms with Gasteiger partial charge in [-0.25, -0.2) is 9.79 Å². The molecule has 0 aliphatic heterocycles. The van der Waals surface area contributed by atoms with Gasteiger partial charge in [0, 0.05) is 0 Å². The van der Waals surface area contributed by atoms with Crippen LogP contribution in [0.4, 0.5) is 0 Å². The number of carbonyl (C=O) groups excluding carboxylic acids is 1. The third kappa shape index (κ3) is 0.889. The molecule has 2 saturated carbocycles. The highest BCUT2D eigenvalue weighted by Gasteiger charge is 2.47. The number of fused-ring (bicyclic) bond motifs is 1. The maximum atomic E-state index is 9.79. The molecule has 2 fully saturated rings. The molecule has 0 spiro atoms. The van der Waals surface area contributed by atoms with E-state index < -0.39 is 0 Å². The summed E-state index contributed by atoms with van der Waals surface area (Å²) in [6, 6.07) is 0. The SMILES string of the molecule is O=C=NCC1CCC2CC12. The first-order valence-corrected chi connectivity index (χ1v) is 3.95. The van der Waals surface area contributed by atoms with E-state index >= 15 is 0 Å². The molecule has 3 unspecified atom stereocenters. The van der Waals surface area contributed by atoms with Gasteiger partial charge >= 0.3 is 0 Å². The molecule has 0 saturated heterocycles. The second-order valence-electron chi connectivity index (χ2n) is 3.43. The van der Waals surface area contributed by atoms with Crippen molar-refractivity contribution in [2.75, 3.05) is 6.54 Å². The van der Waals surface area contributed by atoms with Crippen LogP contribution in [0, 0.1) is 17.8 Å². The fourth-order valence-electron chi connectivity index (χ4n) is 2.20. The molecule has 2 aliphatic carbocycles. The molecule has 0 radical (unpaired) electrons. The van der Waals surface area contributed by atoms with Gasteiger partial charge in [0.15, 0.2) is 0 Å². The number of hydrogen-bond donors (Lipinski definition) is 0. The lowest BCUT2D eigenvalue weighted by molar-refractivity contribution is 0.488. The molecule has 2 aliphatic rings. The van der Waals surface area contributed by atoms with Crippen molar-refractivity contribution in [1.82, 2.24) is 0 Å². The molecule has 2 nitrogen and oxygen atoms in total. The van der Waals surface area contributed by atoms with Crippen molar-refractivity contribution < 1.29 is 4.79 Å². The molecule has 3 atom stereocenters. The smallest absolute Gasteiger partial charge is 0.211 e. The standard InChI is InChI=1S/C8H11NO/c10-5-9-4-7-2-1-6-3-8(6)7/h6-8H,1-4H2. The Kier molecular flexibility index (Phi) is 1.35. The highest BCUT2D eigenvalue weighted by Crippen LogP contribution is 2.55. The van der Waals surface area contributed by atoms with Crippen LogP contribution in [0.2, 0.25) is 0 Å². The van der Waals surface area contributed by atoms with Crippen molar-refractivity contribution in [3.63, 3.8) is 0 Å². The topological polar surface area (TPSA) is 29.4 Å². The van der Waals surface area contributed by atoms with Crippen LogP contribution < -0.4 is 0 Å². The lowest BCUT2D eigenvalue weighted by Gasteiger charge is -2.04. The molecule has 0 heterocycles. The van der Waals surface area contributed by atoms with Gasteiger partial charge in [0.1, 0.15) is 0 Å². The van der Waals surface area contributed by atoms with Crippen LogP contribution in [0.1, 0.15) is 19.3 Å². The summed E-state index contributed by atoms with van der Waals surface area (Å²) in [5.74, 6) is 2.66. The van der Waals surface area contributed by atoms with E-state index in [4.69, 9.17) is 0 Å². The zero-order chi connectivity index (χ0) is 6.97. The molecule has 54 valence electrons. The summed E-state index contributed by atoms with van der Waals surface area (Å²) in [5.41, 5.74) is 0. The summed E-state index contributed by atoms with van der Waals surface area (Å²) in [4.78, 5) is 13.4. The van der Waals surface area contributed by atoms with E-state index in [1.165, 1.54) is 19.3 Å². The average molecular weight is 137 g/mol. The molecule has 0 amide bonds. The zero-order valence-electron chi connectivity index (χ0n) is 5.92. The summed E-state index contributed by atoms with van der Waals surface area (Å²) in [7, 11) is 0. The molecule has 2 heteroatoms. The summed E-state index contributed by atoms with van der Waals surface area (Å²) < 4.78 is 0. The third-order valence-corrected chi connectivity index (χ3v) is 2.88. The molecular weight excluding hydrogens is 126 g/mol. The second kappa shape index (κ2) is 2.21. The molecule has 0 aromatic rings. The maximum absolute atomic E-state index is 9.79. The number of nitrogens with zero attached hydrogens (tertiary/aromatic N) is 1. The predicted octanol–water partition coefficient (Wildman–Crippen LogP) is 1.37. The Balaban J connectivity index is 1.87. The Hall–Kier alpha value is -0.620. The summed E-state index contributed by atoms with van der Waals surface area (Å²) in [6.45, 7) is 0.741. The summed E-state index contributed by atoms with van der Waals surface area (Å²) >= 11 is 0. The fraction of sp³-hybridized carbons (Fsp3) is 0.875. The average Bonchev–Trinajstić information content (AvgIpc) is 2.63. The molecule has 0 bridgehead atoms. The van der Waals surface area contributed by atoms with Crippen molar-refractivity contribution in [3.05, 3.63) is 0 Å². The van der Waals surface area contributed by atoms with Crippen LogP contribution in [0.3, 0.4) is 0 Å².